The van der Waals surface area contributed by atoms with Crippen LogP contribution >= 0.6 is 11.3 Å². The van der Waals surface area contributed by atoms with Crippen LogP contribution in [0.5, 0.6) is 0 Å². The van der Waals surface area contributed by atoms with Crippen molar-refractivity contribution in [2.45, 2.75) is 53.1 Å². The summed E-state index contributed by atoms with van der Waals surface area (Å²) in [5.41, 5.74) is 0.0503. The molecule has 2 rings (SSSR count). The molecule has 26 heavy (non-hydrogen) atoms. The van der Waals surface area contributed by atoms with Gasteiger partial charge in [0.1, 0.15) is 17.1 Å². The Bertz CT molecular complexity index is 734. The lowest BCUT2D eigenvalue weighted by atomic mass is 10.0. The molecule has 0 fully saturated rings. The summed E-state index contributed by atoms with van der Waals surface area (Å²) in [6.07, 6.45) is 1.82. The van der Waals surface area contributed by atoms with Crippen molar-refractivity contribution in [1.29, 1.82) is 0 Å². The second-order valence-electron chi connectivity index (χ2n) is 6.52. The summed E-state index contributed by atoms with van der Waals surface area (Å²) in [4.78, 5) is 10.5. The van der Waals surface area contributed by atoms with E-state index in [2.05, 4.69) is 34.5 Å². The molecule has 2 aromatic heterocycles. The van der Waals surface area contributed by atoms with E-state index in [1.165, 1.54) is 10.6 Å². The van der Waals surface area contributed by atoms with Gasteiger partial charge in [-0.15, -0.1) is 11.3 Å². The van der Waals surface area contributed by atoms with E-state index >= 15 is 0 Å². The van der Waals surface area contributed by atoms with Gasteiger partial charge >= 0.3 is 0 Å². The van der Waals surface area contributed by atoms with E-state index in [0.717, 1.165) is 36.7 Å². The number of aryl methyl sites for hydroxylation is 3. The van der Waals surface area contributed by atoms with Crippen LogP contribution < -0.4 is 10.6 Å². The van der Waals surface area contributed by atoms with Crippen LogP contribution in [-0.2, 0) is 18.4 Å². The molecule has 0 aliphatic rings. The summed E-state index contributed by atoms with van der Waals surface area (Å²) >= 11 is 1.76. The largest absolute Gasteiger partial charge is 0.463 e. The minimum Gasteiger partial charge on any atom is -0.463 e. The number of nitrogens with one attached hydrogen (secondary N) is 2. The average molecular weight is 379 g/mol. The Morgan fingerprint density at radius 3 is 2.65 bits per heavy atom. The van der Waals surface area contributed by atoms with Gasteiger partial charge in [0.05, 0.1) is 17.2 Å². The summed E-state index contributed by atoms with van der Waals surface area (Å²) in [6.45, 7) is 11.5. The number of hydrogen-bond acceptors (Lipinski definition) is 5. The minimum atomic E-state index is -1.14. The van der Waals surface area contributed by atoms with E-state index in [4.69, 9.17) is 4.42 Å². The van der Waals surface area contributed by atoms with Crippen LogP contribution in [0.4, 0.5) is 0 Å². The third-order valence-corrected chi connectivity index (χ3v) is 5.14. The molecular formula is C19H30N4O2S. The Morgan fingerprint density at radius 2 is 2.08 bits per heavy atom. The quantitative estimate of drug-likeness (QED) is 0.486. The van der Waals surface area contributed by atoms with E-state index in [9.17, 15) is 5.11 Å². The second kappa shape index (κ2) is 9.19. The second-order valence-corrected chi connectivity index (χ2v) is 7.81. The first-order chi connectivity index (χ1) is 12.4. The van der Waals surface area contributed by atoms with E-state index < -0.39 is 5.60 Å². The molecule has 7 heteroatoms. The molecule has 2 aromatic rings. The zero-order valence-electron chi connectivity index (χ0n) is 16.3. The van der Waals surface area contributed by atoms with Crippen molar-refractivity contribution in [2.24, 2.45) is 4.99 Å². The molecule has 0 radical (unpaired) electrons. The number of aromatic nitrogens is 1. The van der Waals surface area contributed by atoms with Crippen LogP contribution in [-0.4, -0.2) is 35.7 Å². The normalized spacial score (nSPS) is 14.3. The highest BCUT2D eigenvalue weighted by molar-refractivity contribution is 7.11. The van der Waals surface area contributed by atoms with Gasteiger partial charge in [-0.25, -0.2) is 9.98 Å². The van der Waals surface area contributed by atoms with E-state index in [1.54, 1.807) is 24.3 Å². The van der Waals surface area contributed by atoms with Crippen molar-refractivity contribution in [3.05, 3.63) is 39.2 Å². The highest BCUT2D eigenvalue weighted by atomic mass is 32.1. The number of guanidine groups is 1. The highest BCUT2D eigenvalue weighted by Crippen LogP contribution is 2.23. The highest BCUT2D eigenvalue weighted by Gasteiger charge is 2.26. The molecule has 0 spiro atoms. The maximum absolute atomic E-state index is 10.6. The van der Waals surface area contributed by atoms with Crippen molar-refractivity contribution in [2.75, 3.05) is 19.6 Å². The van der Waals surface area contributed by atoms with E-state index in [-0.39, 0.29) is 6.54 Å². The first-order valence-electron chi connectivity index (χ1n) is 9.12. The Kier molecular flexibility index (Phi) is 7.23. The fourth-order valence-electron chi connectivity index (χ4n) is 2.59. The minimum absolute atomic E-state index is 0.214. The summed E-state index contributed by atoms with van der Waals surface area (Å²) in [7, 11) is 0. The molecule has 0 bridgehead atoms. The Morgan fingerprint density at radius 1 is 1.31 bits per heavy atom. The third-order valence-electron chi connectivity index (χ3n) is 4.06. The van der Waals surface area contributed by atoms with Crippen LogP contribution in [0, 0.1) is 13.8 Å². The summed E-state index contributed by atoms with van der Waals surface area (Å²) in [6, 6.07) is 3.64. The van der Waals surface area contributed by atoms with Gasteiger partial charge in [0.15, 0.2) is 5.96 Å². The predicted molar refractivity (Wildman–Crippen MR) is 107 cm³/mol. The molecule has 0 saturated heterocycles. The Balaban J connectivity index is 1.93. The Labute approximate surface area is 159 Å². The fraction of sp³-hybridized carbons (Fsp3) is 0.579. The van der Waals surface area contributed by atoms with Gasteiger partial charge in [0.2, 0.25) is 0 Å². The van der Waals surface area contributed by atoms with Gasteiger partial charge in [0, 0.05) is 24.4 Å². The zero-order chi connectivity index (χ0) is 19.2. The van der Waals surface area contributed by atoms with Gasteiger partial charge in [-0.1, -0.05) is 6.92 Å². The zero-order valence-corrected chi connectivity index (χ0v) is 17.2. The SMILES string of the molecule is CCNC(=NCC(C)(O)c1ccc(C)o1)NCCc1nc(CC)c(C)s1. The summed E-state index contributed by atoms with van der Waals surface area (Å²) in [5.74, 6) is 1.99. The molecule has 0 amide bonds. The van der Waals surface area contributed by atoms with Crippen molar-refractivity contribution in [3.63, 3.8) is 0 Å². The molecule has 0 aliphatic heterocycles. The number of thiazole rings is 1. The summed E-state index contributed by atoms with van der Waals surface area (Å²) < 4.78 is 5.54. The fourth-order valence-corrected chi connectivity index (χ4v) is 3.61. The molecule has 0 aliphatic carbocycles. The van der Waals surface area contributed by atoms with E-state index in [0.29, 0.717) is 11.7 Å². The number of nitrogens with zero attached hydrogens (tertiary/aromatic N) is 2. The van der Waals surface area contributed by atoms with Crippen LogP contribution in [0.1, 0.15) is 47.9 Å². The van der Waals surface area contributed by atoms with Crippen molar-refractivity contribution in [1.82, 2.24) is 15.6 Å². The average Bonchev–Trinajstić information content (AvgIpc) is 3.18. The molecule has 1 unspecified atom stereocenters. The van der Waals surface area contributed by atoms with Crippen LogP contribution in [0.15, 0.2) is 21.5 Å². The number of furan rings is 1. The molecule has 0 aromatic carbocycles. The third kappa shape index (κ3) is 5.57. The van der Waals surface area contributed by atoms with Crippen molar-refractivity contribution < 1.29 is 9.52 Å². The standard InChI is InChI=1S/C19H30N4O2S/c1-6-15-14(4)26-17(23-15)10-11-21-18(20-7-2)22-12-19(5,24)16-9-8-13(3)25-16/h8-9,24H,6-7,10-12H2,1-5H3,(H2,20,21,22). The van der Waals surface area contributed by atoms with Gasteiger partial charge in [-0.2, -0.15) is 0 Å². The van der Waals surface area contributed by atoms with Gasteiger partial charge in [-0.05, 0) is 46.2 Å². The number of aliphatic hydroxyl groups is 1. The maximum atomic E-state index is 10.6. The van der Waals surface area contributed by atoms with Crippen molar-refractivity contribution in [3.8, 4) is 0 Å². The number of aliphatic imine (C=N–C) groups is 1. The van der Waals surface area contributed by atoms with Gasteiger partial charge in [0.25, 0.3) is 0 Å². The van der Waals surface area contributed by atoms with Gasteiger partial charge in [-0.3, -0.25) is 0 Å². The van der Waals surface area contributed by atoms with Crippen molar-refractivity contribution >= 4 is 17.3 Å². The van der Waals surface area contributed by atoms with E-state index in [1.807, 2.05) is 19.9 Å². The molecule has 0 saturated carbocycles. The smallest absolute Gasteiger partial charge is 0.191 e. The predicted octanol–water partition coefficient (Wildman–Crippen LogP) is 2.92. The lowest BCUT2D eigenvalue weighted by Crippen LogP contribution is -2.39. The summed E-state index contributed by atoms with van der Waals surface area (Å²) in [5, 5.41) is 18.3. The Hall–Kier alpha value is -1.86. The molecule has 3 N–H and O–H groups in total. The van der Waals surface area contributed by atoms with Crippen LogP contribution in [0.25, 0.3) is 0 Å². The lowest BCUT2D eigenvalue weighted by molar-refractivity contribution is 0.0428. The molecule has 6 nitrogen and oxygen atoms in total. The lowest BCUT2D eigenvalue weighted by Gasteiger charge is -2.19. The van der Waals surface area contributed by atoms with Crippen LogP contribution in [0.2, 0.25) is 0 Å². The number of rotatable bonds is 8. The molecule has 2 heterocycles. The molecular weight excluding hydrogens is 348 g/mol. The van der Waals surface area contributed by atoms with Gasteiger partial charge < -0.3 is 20.2 Å². The molecule has 1 atom stereocenters. The van der Waals surface area contributed by atoms with Crippen LogP contribution in [0.3, 0.4) is 0 Å². The topological polar surface area (TPSA) is 82.7 Å². The monoisotopic (exact) mass is 378 g/mol. The first kappa shape index (κ1) is 20.5. The first-order valence-corrected chi connectivity index (χ1v) is 9.94. The maximum Gasteiger partial charge on any atom is 0.191 e. The molecule has 144 valence electrons. The number of hydrogen-bond donors (Lipinski definition) is 3.